The minimum atomic E-state index is 0.343. The number of hydrogen-bond donors (Lipinski definition) is 2. The largest absolute Gasteiger partial charge is 0.328 e. The molecule has 3 N–H and O–H groups in total. The highest BCUT2D eigenvalue weighted by Gasteiger charge is 2.08. The molecule has 0 fully saturated rings. The molecule has 0 amide bonds. The number of nitrogens with one attached hydrogen (secondary N) is 1. The van der Waals surface area contributed by atoms with Crippen molar-refractivity contribution >= 4 is 0 Å². The van der Waals surface area contributed by atoms with Crippen LogP contribution in [0.3, 0.4) is 0 Å². The van der Waals surface area contributed by atoms with Crippen LogP contribution < -0.4 is 11.1 Å². The van der Waals surface area contributed by atoms with Gasteiger partial charge < -0.3 is 11.1 Å². The molecule has 3 unspecified atom stereocenters. The monoisotopic (exact) mass is 226 g/mol. The molecular weight excluding hydrogens is 196 g/mol. The van der Waals surface area contributed by atoms with Gasteiger partial charge in [-0.15, -0.1) is 0 Å². The molecule has 0 rings (SSSR count). The van der Waals surface area contributed by atoms with E-state index in [4.69, 9.17) is 5.73 Å². The first kappa shape index (κ1) is 15.7. The Balaban J connectivity index is 3.55. The molecule has 2 nitrogen and oxygen atoms in total. The molecule has 3 atom stereocenters. The number of nitrogens with two attached hydrogens (primary N) is 1. The van der Waals surface area contributed by atoms with Crippen molar-refractivity contribution in [3.05, 3.63) is 12.2 Å². The van der Waals surface area contributed by atoms with E-state index in [1.54, 1.807) is 0 Å². The van der Waals surface area contributed by atoms with Gasteiger partial charge in [0.15, 0.2) is 0 Å². The smallest absolute Gasteiger partial charge is 0.0271 e. The Morgan fingerprint density at radius 2 is 1.81 bits per heavy atom. The summed E-state index contributed by atoms with van der Waals surface area (Å²) >= 11 is 0. The summed E-state index contributed by atoms with van der Waals surface area (Å²) in [5.41, 5.74) is 7.03. The van der Waals surface area contributed by atoms with Crippen LogP contribution in [0.4, 0.5) is 0 Å². The Kier molecular flexibility index (Phi) is 8.58. The second-order valence-corrected chi connectivity index (χ2v) is 5.29. The van der Waals surface area contributed by atoms with Gasteiger partial charge in [0.25, 0.3) is 0 Å². The molecule has 0 saturated heterocycles. The number of hydrogen-bond acceptors (Lipinski definition) is 2. The lowest BCUT2D eigenvalue weighted by Crippen LogP contribution is -2.25. The summed E-state index contributed by atoms with van der Waals surface area (Å²) in [6.45, 7) is 10.5. The van der Waals surface area contributed by atoms with Crippen LogP contribution in [-0.4, -0.2) is 19.1 Å². The van der Waals surface area contributed by atoms with Crippen LogP contribution in [0, 0.1) is 5.92 Å². The highest BCUT2D eigenvalue weighted by molar-refractivity contribution is 5.00. The minimum absolute atomic E-state index is 0.343. The lowest BCUT2D eigenvalue weighted by Gasteiger charge is -2.17. The van der Waals surface area contributed by atoms with Gasteiger partial charge in [-0.25, -0.2) is 0 Å². The minimum Gasteiger partial charge on any atom is -0.328 e. The van der Waals surface area contributed by atoms with Crippen LogP contribution in [0.1, 0.15) is 52.9 Å². The maximum atomic E-state index is 5.79. The Bertz CT molecular complexity index is 187. The van der Waals surface area contributed by atoms with Crippen LogP contribution in [-0.2, 0) is 0 Å². The zero-order valence-electron chi connectivity index (χ0n) is 11.6. The normalized spacial score (nSPS) is 16.8. The molecule has 0 heterocycles. The van der Waals surface area contributed by atoms with Crippen LogP contribution in [0.5, 0.6) is 0 Å². The van der Waals surface area contributed by atoms with E-state index in [0.717, 1.165) is 12.3 Å². The molecule has 0 aromatic carbocycles. The first-order chi connectivity index (χ1) is 7.47. The molecule has 0 aliphatic rings. The fourth-order valence-corrected chi connectivity index (χ4v) is 2.23. The number of unbranched alkanes of at least 4 members (excludes halogenated alkanes) is 1. The lowest BCUT2D eigenvalue weighted by atomic mass is 9.95. The fraction of sp³-hybridized carbons (Fsp3) is 0.857. The Labute approximate surface area is 102 Å². The van der Waals surface area contributed by atoms with E-state index < -0.39 is 0 Å². The summed E-state index contributed by atoms with van der Waals surface area (Å²) in [7, 11) is 2.01. The number of likely N-dealkylation sites (N-methyl/N-ethyl adjacent to an activating group) is 1. The average Bonchev–Trinajstić information content (AvgIpc) is 2.16. The van der Waals surface area contributed by atoms with E-state index in [1.807, 2.05) is 7.05 Å². The van der Waals surface area contributed by atoms with Crippen molar-refractivity contribution < 1.29 is 0 Å². The van der Waals surface area contributed by atoms with Crippen molar-refractivity contribution in [3.8, 4) is 0 Å². The van der Waals surface area contributed by atoms with Gasteiger partial charge in [-0.1, -0.05) is 38.3 Å². The van der Waals surface area contributed by atoms with E-state index in [9.17, 15) is 0 Å². The van der Waals surface area contributed by atoms with E-state index in [0.29, 0.717) is 12.1 Å². The van der Waals surface area contributed by atoms with Crippen LogP contribution in [0.25, 0.3) is 0 Å². The van der Waals surface area contributed by atoms with Gasteiger partial charge in [-0.2, -0.15) is 0 Å². The van der Waals surface area contributed by atoms with E-state index in [-0.39, 0.29) is 0 Å². The third kappa shape index (κ3) is 7.89. The highest BCUT2D eigenvalue weighted by Crippen LogP contribution is 2.16. The molecule has 0 radical (unpaired) electrons. The van der Waals surface area contributed by atoms with Crippen molar-refractivity contribution in [1.82, 2.24) is 5.32 Å². The maximum Gasteiger partial charge on any atom is 0.0271 e. The Hall–Kier alpha value is -0.340. The summed E-state index contributed by atoms with van der Waals surface area (Å²) in [6, 6.07) is 0.833. The summed E-state index contributed by atoms with van der Waals surface area (Å²) in [5, 5.41) is 3.30. The fourth-order valence-electron chi connectivity index (χ4n) is 2.23. The van der Waals surface area contributed by atoms with E-state index in [2.05, 4.69) is 32.7 Å². The van der Waals surface area contributed by atoms with Gasteiger partial charge in [0.05, 0.1) is 0 Å². The van der Waals surface area contributed by atoms with Crippen molar-refractivity contribution in [2.24, 2.45) is 11.7 Å². The summed E-state index contributed by atoms with van der Waals surface area (Å²) in [5.74, 6) is 0.762. The predicted octanol–water partition coefficient (Wildman–Crippen LogP) is 3.08. The molecule has 0 aliphatic heterocycles. The van der Waals surface area contributed by atoms with E-state index >= 15 is 0 Å². The predicted molar refractivity (Wildman–Crippen MR) is 73.6 cm³/mol. The summed E-state index contributed by atoms with van der Waals surface area (Å²) in [6.07, 6.45) is 6.24. The van der Waals surface area contributed by atoms with Gasteiger partial charge in [0.1, 0.15) is 0 Å². The first-order valence-electron chi connectivity index (χ1n) is 6.55. The average molecular weight is 226 g/mol. The van der Waals surface area contributed by atoms with Crippen molar-refractivity contribution in [3.63, 3.8) is 0 Å². The second kappa shape index (κ2) is 8.77. The van der Waals surface area contributed by atoms with Gasteiger partial charge in [0.2, 0.25) is 0 Å². The molecule has 0 saturated carbocycles. The number of rotatable bonds is 9. The Morgan fingerprint density at radius 1 is 1.25 bits per heavy atom. The van der Waals surface area contributed by atoms with Crippen molar-refractivity contribution in [2.45, 2.75) is 65.0 Å². The molecule has 0 spiro atoms. The molecule has 0 aromatic heterocycles. The Morgan fingerprint density at radius 3 is 2.25 bits per heavy atom. The first-order valence-corrected chi connectivity index (χ1v) is 6.55. The van der Waals surface area contributed by atoms with Gasteiger partial charge >= 0.3 is 0 Å². The molecular formula is C14H30N2. The summed E-state index contributed by atoms with van der Waals surface area (Å²) in [4.78, 5) is 0. The van der Waals surface area contributed by atoms with Gasteiger partial charge in [-0.3, -0.25) is 0 Å². The standard InChI is InChI=1S/C14H30N2/c1-11(2)14(16-5)9-7-6-8-12(3)10-13(4)15/h12-14,16H,1,6-10,15H2,2-5H3. The van der Waals surface area contributed by atoms with E-state index in [1.165, 1.54) is 31.3 Å². The zero-order valence-corrected chi connectivity index (χ0v) is 11.6. The summed E-state index contributed by atoms with van der Waals surface area (Å²) < 4.78 is 0. The van der Waals surface area contributed by atoms with Crippen LogP contribution in [0.2, 0.25) is 0 Å². The third-order valence-corrected chi connectivity index (χ3v) is 3.16. The topological polar surface area (TPSA) is 38.0 Å². The second-order valence-electron chi connectivity index (χ2n) is 5.29. The van der Waals surface area contributed by atoms with Gasteiger partial charge in [-0.05, 0) is 39.7 Å². The molecule has 0 bridgehead atoms. The third-order valence-electron chi connectivity index (χ3n) is 3.16. The molecule has 0 aliphatic carbocycles. The van der Waals surface area contributed by atoms with Gasteiger partial charge in [0, 0.05) is 12.1 Å². The van der Waals surface area contributed by atoms with Crippen molar-refractivity contribution in [2.75, 3.05) is 7.05 Å². The van der Waals surface area contributed by atoms with Crippen LogP contribution in [0.15, 0.2) is 12.2 Å². The maximum absolute atomic E-state index is 5.79. The van der Waals surface area contributed by atoms with Crippen molar-refractivity contribution in [1.29, 1.82) is 0 Å². The molecule has 0 aromatic rings. The zero-order chi connectivity index (χ0) is 12.6. The molecule has 96 valence electrons. The molecule has 2 heteroatoms. The highest BCUT2D eigenvalue weighted by atomic mass is 14.9. The quantitative estimate of drug-likeness (QED) is 0.468. The lowest BCUT2D eigenvalue weighted by molar-refractivity contribution is 0.422. The SMILES string of the molecule is C=C(C)C(CCCCC(C)CC(C)N)NC. The molecule has 16 heavy (non-hydrogen) atoms. The van der Waals surface area contributed by atoms with Crippen LogP contribution >= 0.6 is 0 Å².